The number of benzene rings is 3. The third kappa shape index (κ3) is 5.51. The van der Waals surface area contributed by atoms with E-state index in [1.165, 1.54) is 11.8 Å². The second kappa shape index (κ2) is 10.0. The van der Waals surface area contributed by atoms with Crippen LogP contribution in [0.1, 0.15) is 31.9 Å². The maximum atomic E-state index is 12.9. The molecule has 3 aromatic carbocycles. The average molecular weight is 491 g/mol. The van der Waals surface area contributed by atoms with Crippen molar-refractivity contribution in [3.8, 4) is 17.1 Å². The first-order chi connectivity index (χ1) is 16.2. The third-order valence-electron chi connectivity index (χ3n) is 5.37. The number of carbonyl (C=O) groups is 1. The molecule has 0 atom stereocenters. The molecule has 0 fully saturated rings. The number of hydrogen-bond acceptors (Lipinski definition) is 4. The molecule has 0 aliphatic rings. The summed E-state index contributed by atoms with van der Waals surface area (Å²) in [6.07, 6.45) is 0. The molecule has 0 saturated carbocycles. The van der Waals surface area contributed by atoms with Gasteiger partial charge in [-0.2, -0.15) is 0 Å². The molecule has 34 heavy (non-hydrogen) atoms. The van der Waals surface area contributed by atoms with Gasteiger partial charge in [-0.1, -0.05) is 80.0 Å². The Labute approximate surface area is 209 Å². The number of thioether (sulfide) groups is 1. The van der Waals surface area contributed by atoms with E-state index in [2.05, 4.69) is 42.4 Å². The van der Waals surface area contributed by atoms with E-state index in [1.807, 2.05) is 78.2 Å². The summed E-state index contributed by atoms with van der Waals surface area (Å²) < 4.78 is 1.98. The van der Waals surface area contributed by atoms with E-state index in [4.69, 9.17) is 11.6 Å². The van der Waals surface area contributed by atoms with Crippen molar-refractivity contribution in [3.05, 3.63) is 88.9 Å². The molecule has 1 N–H and O–H groups in total. The van der Waals surface area contributed by atoms with Crippen molar-refractivity contribution >= 4 is 35.0 Å². The van der Waals surface area contributed by atoms with Crippen LogP contribution in [0.15, 0.2) is 78.0 Å². The number of amides is 1. The van der Waals surface area contributed by atoms with Crippen LogP contribution in [0.3, 0.4) is 0 Å². The minimum absolute atomic E-state index is 0.0733. The zero-order valence-corrected chi connectivity index (χ0v) is 21.2. The molecule has 1 heterocycles. The average Bonchev–Trinajstić information content (AvgIpc) is 3.22. The molecule has 7 heteroatoms. The highest BCUT2D eigenvalue weighted by Gasteiger charge is 2.20. The fourth-order valence-electron chi connectivity index (χ4n) is 3.64. The van der Waals surface area contributed by atoms with Gasteiger partial charge in [0, 0.05) is 22.0 Å². The predicted octanol–water partition coefficient (Wildman–Crippen LogP) is 6.92. The van der Waals surface area contributed by atoms with E-state index < -0.39 is 0 Å². The Balaban J connectivity index is 1.60. The summed E-state index contributed by atoms with van der Waals surface area (Å²) in [5.74, 6) is 0.818. The lowest BCUT2D eigenvalue weighted by Gasteiger charge is -2.23. The standard InChI is InChI=1S/C27H27ClN4OS/c1-18-9-15-21(16-10-18)32-25(19-11-13-20(28)14-12-19)30-31-26(32)34-17-24(33)29-23-8-6-5-7-22(23)27(2,3)4/h5-16H,17H2,1-4H3,(H,29,33). The first-order valence-electron chi connectivity index (χ1n) is 11.0. The van der Waals surface area contributed by atoms with Crippen LogP contribution in [0, 0.1) is 6.92 Å². The van der Waals surface area contributed by atoms with Gasteiger partial charge in [-0.05, 0) is 60.4 Å². The van der Waals surface area contributed by atoms with Gasteiger partial charge < -0.3 is 5.32 Å². The van der Waals surface area contributed by atoms with Crippen molar-refractivity contribution in [2.24, 2.45) is 0 Å². The molecule has 0 spiro atoms. The first kappa shape index (κ1) is 24.0. The predicted molar refractivity (Wildman–Crippen MR) is 141 cm³/mol. The molecule has 0 aliphatic carbocycles. The lowest BCUT2D eigenvalue weighted by atomic mass is 9.86. The lowest BCUT2D eigenvalue weighted by molar-refractivity contribution is -0.113. The Bertz CT molecular complexity index is 1290. The van der Waals surface area contributed by atoms with Crippen molar-refractivity contribution in [2.45, 2.75) is 38.3 Å². The van der Waals surface area contributed by atoms with Gasteiger partial charge >= 0.3 is 0 Å². The molecular formula is C27H27ClN4OS. The van der Waals surface area contributed by atoms with Gasteiger partial charge in [-0.3, -0.25) is 9.36 Å². The zero-order valence-electron chi connectivity index (χ0n) is 19.7. The summed E-state index contributed by atoms with van der Waals surface area (Å²) in [5.41, 5.74) is 4.85. The van der Waals surface area contributed by atoms with E-state index in [0.717, 1.165) is 28.1 Å². The number of aryl methyl sites for hydroxylation is 1. The van der Waals surface area contributed by atoms with E-state index in [9.17, 15) is 4.79 Å². The second-order valence-corrected chi connectivity index (χ2v) is 10.5. The summed E-state index contributed by atoms with van der Waals surface area (Å²) in [7, 11) is 0. The Hall–Kier alpha value is -3.09. The van der Waals surface area contributed by atoms with Gasteiger partial charge in [0.2, 0.25) is 5.91 Å². The highest BCUT2D eigenvalue weighted by Crippen LogP contribution is 2.31. The second-order valence-electron chi connectivity index (χ2n) is 9.12. The summed E-state index contributed by atoms with van der Waals surface area (Å²) in [6.45, 7) is 8.45. The number of carbonyl (C=O) groups excluding carboxylic acids is 1. The molecule has 0 aliphatic heterocycles. The molecule has 174 valence electrons. The number of nitrogens with zero attached hydrogens (tertiary/aromatic N) is 3. The summed E-state index contributed by atoms with van der Waals surface area (Å²) in [5, 5.41) is 13.2. The van der Waals surface area contributed by atoms with Crippen molar-refractivity contribution in [2.75, 3.05) is 11.1 Å². The van der Waals surface area contributed by atoms with Gasteiger partial charge in [0.15, 0.2) is 11.0 Å². The van der Waals surface area contributed by atoms with Crippen molar-refractivity contribution in [3.63, 3.8) is 0 Å². The Morgan fingerprint density at radius 3 is 2.32 bits per heavy atom. The molecule has 0 bridgehead atoms. The molecule has 5 nitrogen and oxygen atoms in total. The molecule has 4 aromatic rings. The van der Waals surface area contributed by atoms with Gasteiger partial charge in [0.1, 0.15) is 0 Å². The normalized spacial score (nSPS) is 11.4. The van der Waals surface area contributed by atoms with Crippen LogP contribution in [0.25, 0.3) is 17.1 Å². The minimum Gasteiger partial charge on any atom is -0.325 e. The number of halogens is 1. The first-order valence-corrected chi connectivity index (χ1v) is 12.4. The maximum absolute atomic E-state index is 12.9. The molecule has 0 unspecified atom stereocenters. The number of hydrogen-bond donors (Lipinski definition) is 1. The highest BCUT2D eigenvalue weighted by molar-refractivity contribution is 7.99. The topological polar surface area (TPSA) is 59.8 Å². The van der Waals surface area contributed by atoms with E-state index in [-0.39, 0.29) is 17.1 Å². The lowest BCUT2D eigenvalue weighted by Crippen LogP contribution is -2.20. The van der Waals surface area contributed by atoms with E-state index >= 15 is 0 Å². The third-order valence-corrected chi connectivity index (χ3v) is 6.55. The van der Waals surface area contributed by atoms with Crippen LogP contribution in [0.4, 0.5) is 5.69 Å². The smallest absolute Gasteiger partial charge is 0.234 e. The van der Waals surface area contributed by atoms with Crippen LogP contribution in [-0.2, 0) is 10.2 Å². The Morgan fingerprint density at radius 2 is 1.65 bits per heavy atom. The minimum atomic E-state index is -0.0896. The summed E-state index contributed by atoms with van der Waals surface area (Å²) in [6, 6.07) is 23.6. The number of anilines is 1. The van der Waals surface area contributed by atoms with Crippen molar-refractivity contribution in [1.82, 2.24) is 14.8 Å². The van der Waals surface area contributed by atoms with Gasteiger partial charge in [-0.25, -0.2) is 0 Å². The molecule has 0 radical (unpaired) electrons. The zero-order chi connectivity index (χ0) is 24.3. The Kier molecular flexibility index (Phi) is 7.10. The van der Waals surface area contributed by atoms with Gasteiger partial charge in [0.05, 0.1) is 5.75 Å². The fourth-order valence-corrected chi connectivity index (χ4v) is 4.52. The van der Waals surface area contributed by atoms with Crippen LogP contribution in [0.2, 0.25) is 5.02 Å². The summed E-state index contributed by atoms with van der Waals surface area (Å²) in [4.78, 5) is 12.9. The van der Waals surface area contributed by atoms with Crippen molar-refractivity contribution < 1.29 is 4.79 Å². The van der Waals surface area contributed by atoms with Gasteiger partial charge in [0.25, 0.3) is 0 Å². The van der Waals surface area contributed by atoms with Gasteiger partial charge in [-0.15, -0.1) is 10.2 Å². The van der Waals surface area contributed by atoms with Crippen LogP contribution >= 0.6 is 23.4 Å². The number of nitrogens with one attached hydrogen (secondary N) is 1. The van der Waals surface area contributed by atoms with Crippen LogP contribution in [-0.4, -0.2) is 26.4 Å². The molecule has 4 rings (SSSR count). The molecule has 0 saturated heterocycles. The van der Waals surface area contributed by atoms with Crippen LogP contribution < -0.4 is 5.32 Å². The SMILES string of the molecule is Cc1ccc(-n2c(SCC(=O)Nc3ccccc3C(C)(C)C)nnc2-c2ccc(Cl)cc2)cc1. The Morgan fingerprint density at radius 1 is 0.971 bits per heavy atom. The number of rotatable bonds is 6. The monoisotopic (exact) mass is 490 g/mol. The largest absolute Gasteiger partial charge is 0.325 e. The fraction of sp³-hybridized carbons (Fsp3) is 0.222. The van der Waals surface area contributed by atoms with E-state index in [1.54, 1.807) is 0 Å². The summed E-state index contributed by atoms with van der Waals surface area (Å²) >= 11 is 7.43. The number of aromatic nitrogens is 3. The molecular weight excluding hydrogens is 464 g/mol. The van der Waals surface area contributed by atoms with E-state index in [0.29, 0.717) is 16.0 Å². The van der Waals surface area contributed by atoms with Crippen molar-refractivity contribution in [1.29, 1.82) is 0 Å². The number of para-hydroxylation sites is 1. The molecule has 1 amide bonds. The maximum Gasteiger partial charge on any atom is 0.234 e. The molecule has 1 aromatic heterocycles. The highest BCUT2D eigenvalue weighted by atomic mass is 35.5. The van der Waals surface area contributed by atoms with Crippen LogP contribution in [0.5, 0.6) is 0 Å². The quantitative estimate of drug-likeness (QED) is 0.298.